The van der Waals surface area contributed by atoms with Crippen LogP contribution in [0.5, 0.6) is 0 Å². The molecule has 0 saturated heterocycles. The Balaban J connectivity index is 2.09. The van der Waals surface area contributed by atoms with Gasteiger partial charge in [-0.25, -0.2) is 8.42 Å². The minimum Gasteiger partial charge on any atom is -0.352 e. The summed E-state index contributed by atoms with van der Waals surface area (Å²) in [6.45, 7) is 11.2. The molecule has 0 aromatic heterocycles. The molecule has 40 heavy (non-hydrogen) atoms. The van der Waals surface area contributed by atoms with Crippen LogP contribution >= 0.6 is 0 Å². The first-order chi connectivity index (χ1) is 19.0. The highest BCUT2D eigenvalue weighted by molar-refractivity contribution is 7.92. The first kappa shape index (κ1) is 30.9. The van der Waals surface area contributed by atoms with Crippen molar-refractivity contribution >= 4 is 27.5 Å². The maximum Gasteiger partial charge on any atom is 0.264 e. The van der Waals surface area contributed by atoms with Crippen LogP contribution in [0.25, 0.3) is 0 Å². The van der Waals surface area contributed by atoms with E-state index in [9.17, 15) is 18.0 Å². The number of nitrogens with one attached hydrogen (secondary N) is 1. The van der Waals surface area contributed by atoms with Crippen LogP contribution in [0.3, 0.4) is 0 Å². The highest BCUT2D eigenvalue weighted by Gasteiger charge is 2.34. The molecular formula is C32H41N3O4S. The number of amides is 2. The molecule has 3 aromatic rings. The normalized spacial score (nSPS) is 12.8. The van der Waals surface area contributed by atoms with Crippen molar-refractivity contribution in [3.05, 3.63) is 95.1 Å². The minimum absolute atomic E-state index is 0.0536. The van der Waals surface area contributed by atoms with Gasteiger partial charge in [-0.1, -0.05) is 74.0 Å². The monoisotopic (exact) mass is 563 g/mol. The number of carbonyl (C=O) groups is 2. The van der Waals surface area contributed by atoms with E-state index < -0.39 is 28.5 Å². The molecule has 3 rings (SSSR count). The number of rotatable bonds is 12. The van der Waals surface area contributed by atoms with Crippen molar-refractivity contribution in [2.45, 2.75) is 77.9 Å². The van der Waals surface area contributed by atoms with Gasteiger partial charge < -0.3 is 10.2 Å². The molecule has 2 amide bonds. The second kappa shape index (κ2) is 13.6. The molecular weight excluding hydrogens is 522 g/mol. The Hall–Kier alpha value is -3.65. The topological polar surface area (TPSA) is 86.8 Å². The fourth-order valence-corrected chi connectivity index (χ4v) is 6.15. The van der Waals surface area contributed by atoms with Crippen molar-refractivity contribution < 1.29 is 18.0 Å². The van der Waals surface area contributed by atoms with Gasteiger partial charge in [-0.05, 0) is 75.4 Å². The number of aryl methyl sites for hydroxylation is 3. The van der Waals surface area contributed by atoms with Gasteiger partial charge in [0.25, 0.3) is 10.0 Å². The standard InChI is InChI=1S/C32H41N3O4S/c1-7-26(6)33-32(37)29(8-2)34(21-27-15-13-12-14-24(27)4)31(36)22-35(30-19-18-23(3)20-25(30)5)40(38,39)28-16-10-9-11-17-28/h9-20,26,29H,7-8,21-22H2,1-6H3,(H,33,37)/t26-,29+/m0/s1. The highest BCUT2D eigenvalue weighted by Crippen LogP contribution is 2.28. The summed E-state index contributed by atoms with van der Waals surface area (Å²) in [5.74, 6) is -0.698. The number of nitrogens with zero attached hydrogens (tertiary/aromatic N) is 2. The van der Waals surface area contributed by atoms with Crippen molar-refractivity contribution in [2.75, 3.05) is 10.8 Å². The quantitative estimate of drug-likeness (QED) is 0.314. The van der Waals surface area contributed by atoms with Gasteiger partial charge in [-0.3, -0.25) is 13.9 Å². The minimum atomic E-state index is -4.09. The van der Waals surface area contributed by atoms with Crippen molar-refractivity contribution in [2.24, 2.45) is 0 Å². The van der Waals surface area contributed by atoms with Crippen LogP contribution in [0.1, 0.15) is 55.9 Å². The molecule has 0 unspecified atom stereocenters. The lowest BCUT2D eigenvalue weighted by atomic mass is 10.1. The predicted octanol–water partition coefficient (Wildman–Crippen LogP) is 5.53. The van der Waals surface area contributed by atoms with Gasteiger partial charge in [-0.15, -0.1) is 0 Å². The van der Waals surface area contributed by atoms with Crippen LogP contribution in [-0.2, 0) is 26.2 Å². The van der Waals surface area contributed by atoms with Crippen LogP contribution < -0.4 is 9.62 Å². The number of carbonyl (C=O) groups excluding carboxylic acids is 2. The van der Waals surface area contributed by atoms with E-state index in [4.69, 9.17) is 0 Å². The summed E-state index contributed by atoms with van der Waals surface area (Å²) in [5, 5.41) is 3.01. The fourth-order valence-electron chi connectivity index (χ4n) is 4.65. The molecule has 7 nitrogen and oxygen atoms in total. The number of sulfonamides is 1. The predicted molar refractivity (Wildman–Crippen MR) is 161 cm³/mol. The van der Waals surface area contributed by atoms with E-state index in [0.29, 0.717) is 12.1 Å². The Bertz CT molecular complexity index is 1420. The maximum absolute atomic E-state index is 14.2. The second-order valence-electron chi connectivity index (χ2n) is 10.3. The first-order valence-corrected chi connectivity index (χ1v) is 15.2. The number of benzene rings is 3. The van der Waals surface area contributed by atoms with Gasteiger partial charge >= 0.3 is 0 Å². The number of hydrogen-bond acceptors (Lipinski definition) is 4. The fraction of sp³-hybridized carbons (Fsp3) is 0.375. The zero-order chi connectivity index (χ0) is 29.4. The molecule has 0 aliphatic heterocycles. The van der Waals surface area contributed by atoms with E-state index >= 15 is 0 Å². The van der Waals surface area contributed by atoms with Gasteiger partial charge in [-0.2, -0.15) is 0 Å². The number of anilines is 1. The zero-order valence-electron chi connectivity index (χ0n) is 24.3. The molecule has 0 radical (unpaired) electrons. The third kappa shape index (κ3) is 7.30. The first-order valence-electron chi connectivity index (χ1n) is 13.8. The summed E-state index contributed by atoms with van der Waals surface area (Å²) in [5.41, 5.74) is 4.03. The second-order valence-corrected chi connectivity index (χ2v) is 12.2. The summed E-state index contributed by atoms with van der Waals surface area (Å²) in [6, 6.07) is 20.5. The average molecular weight is 564 g/mol. The third-order valence-corrected chi connectivity index (χ3v) is 8.99. The average Bonchev–Trinajstić information content (AvgIpc) is 2.93. The van der Waals surface area contributed by atoms with Crippen LogP contribution in [-0.4, -0.2) is 43.8 Å². The van der Waals surface area contributed by atoms with Crippen LogP contribution in [0, 0.1) is 20.8 Å². The van der Waals surface area contributed by atoms with E-state index in [2.05, 4.69) is 5.32 Å². The Kier molecular flexibility index (Phi) is 10.5. The molecule has 0 saturated carbocycles. The zero-order valence-corrected chi connectivity index (χ0v) is 25.2. The maximum atomic E-state index is 14.2. The lowest BCUT2D eigenvalue weighted by Gasteiger charge is -2.34. The van der Waals surface area contributed by atoms with Crippen molar-refractivity contribution in [1.82, 2.24) is 10.2 Å². The van der Waals surface area contributed by atoms with Gasteiger partial charge in [0.1, 0.15) is 12.6 Å². The lowest BCUT2D eigenvalue weighted by molar-refractivity contribution is -0.140. The van der Waals surface area contributed by atoms with Gasteiger partial charge in [0.2, 0.25) is 11.8 Å². The Morgan fingerprint density at radius 3 is 2.10 bits per heavy atom. The summed E-state index contributed by atoms with van der Waals surface area (Å²) in [6.07, 6.45) is 1.14. The molecule has 0 aliphatic rings. The summed E-state index contributed by atoms with van der Waals surface area (Å²) in [7, 11) is -4.09. The SMILES string of the molecule is CC[C@H](C(=O)N[C@@H](C)CC)N(Cc1ccccc1C)C(=O)CN(c1ccc(C)cc1C)S(=O)(=O)c1ccccc1. The molecule has 1 N–H and O–H groups in total. The third-order valence-electron chi connectivity index (χ3n) is 7.22. The van der Waals surface area contributed by atoms with Crippen molar-refractivity contribution in [1.29, 1.82) is 0 Å². The number of hydrogen-bond donors (Lipinski definition) is 1. The van der Waals surface area contributed by atoms with Gasteiger partial charge in [0.05, 0.1) is 10.6 Å². The van der Waals surface area contributed by atoms with Gasteiger partial charge in [0.15, 0.2) is 0 Å². The molecule has 8 heteroatoms. The Morgan fingerprint density at radius 1 is 0.850 bits per heavy atom. The van der Waals surface area contributed by atoms with E-state index in [1.807, 2.05) is 77.9 Å². The molecule has 0 spiro atoms. The molecule has 3 aromatic carbocycles. The Labute approximate surface area is 239 Å². The molecule has 0 heterocycles. The highest BCUT2D eigenvalue weighted by atomic mass is 32.2. The molecule has 2 atom stereocenters. The van der Waals surface area contributed by atoms with Crippen LogP contribution in [0.15, 0.2) is 77.7 Å². The van der Waals surface area contributed by atoms with Crippen molar-refractivity contribution in [3.8, 4) is 0 Å². The van der Waals surface area contributed by atoms with E-state index in [0.717, 1.165) is 28.7 Å². The van der Waals surface area contributed by atoms with E-state index in [-0.39, 0.29) is 23.4 Å². The Morgan fingerprint density at radius 2 is 1.50 bits per heavy atom. The molecule has 0 fully saturated rings. The molecule has 0 bridgehead atoms. The summed E-state index contributed by atoms with van der Waals surface area (Å²) < 4.78 is 29.1. The van der Waals surface area contributed by atoms with Gasteiger partial charge in [0, 0.05) is 12.6 Å². The van der Waals surface area contributed by atoms with Crippen molar-refractivity contribution in [3.63, 3.8) is 0 Å². The van der Waals surface area contributed by atoms with Crippen LogP contribution in [0.4, 0.5) is 5.69 Å². The lowest BCUT2D eigenvalue weighted by Crippen LogP contribution is -2.53. The molecule has 214 valence electrons. The van der Waals surface area contributed by atoms with E-state index in [1.165, 1.54) is 21.3 Å². The molecule has 0 aliphatic carbocycles. The summed E-state index contributed by atoms with van der Waals surface area (Å²) in [4.78, 5) is 29.2. The summed E-state index contributed by atoms with van der Waals surface area (Å²) >= 11 is 0. The largest absolute Gasteiger partial charge is 0.352 e. The smallest absolute Gasteiger partial charge is 0.264 e. The van der Waals surface area contributed by atoms with E-state index in [1.54, 1.807) is 24.3 Å². The van der Waals surface area contributed by atoms with Crippen LogP contribution in [0.2, 0.25) is 0 Å².